The highest BCUT2D eigenvalue weighted by molar-refractivity contribution is 9.10. The van der Waals surface area contributed by atoms with Crippen LogP contribution in [0.2, 0.25) is 0 Å². The summed E-state index contributed by atoms with van der Waals surface area (Å²) in [6.07, 6.45) is 5.63. The van der Waals surface area contributed by atoms with E-state index in [-0.39, 0.29) is 0 Å². The smallest absolute Gasteiger partial charge is 0.138 e. The van der Waals surface area contributed by atoms with E-state index in [2.05, 4.69) is 43.1 Å². The van der Waals surface area contributed by atoms with Gasteiger partial charge >= 0.3 is 0 Å². The maximum atomic E-state index is 6.14. The molecular formula is C18H16BrN5. The Morgan fingerprint density at radius 1 is 1.17 bits per heavy atom. The minimum absolute atomic E-state index is 0.780. The van der Waals surface area contributed by atoms with Crippen molar-refractivity contribution in [3.05, 3.63) is 52.9 Å². The van der Waals surface area contributed by atoms with Gasteiger partial charge in [-0.15, -0.1) is 0 Å². The minimum Gasteiger partial charge on any atom is -0.398 e. The molecule has 0 aliphatic carbocycles. The van der Waals surface area contributed by atoms with E-state index in [0.29, 0.717) is 0 Å². The van der Waals surface area contributed by atoms with Gasteiger partial charge in [0.05, 0.1) is 11.9 Å². The van der Waals surface area contributed by atoms with Crippen LogP contribution >= 0.6 is 15.9 Å². The Morgan fingerprint density at radius 2 is 2.00 bits per heavy atom. The van der Waals surface area contributed by atoms with E-state index in [1.807, 2.05) is 38.5 Å². The van der Waals surface area contributed by atoms with Crippen molar-refractivity contribution in [3.63, 3.8) is 0 Å². The SMILES string of the molecule is Cc1ccc(-c2c(-c3cnn(C)c3)[nH]c3ncc(Br)cc23)cc1N. The van der Waals surface area contributed by atoms with Gasteiger partial charge < -0.3 is 10.7 Å². The summed E-state index contributed by atoms with van der Waals surface area (Å²) in [5.41, 5.74) is 13.0. The molecule has 0 unspecified atom stereocenters. The molecule has 0 saturated heterocycles. The largest absolute Gasteiger partial charge is 0.398 e. The summed E-state index contributed by atoms with van der Waals surface area (Å²) in [4.78, 5) is 7.93. The summed E-state index contributed by atoms with van der Waals surface area (Å²) in [5.74, 6) is 0. The Bertz CT molecular complexity index is 1060. The van der Waals surface area contributed by atoms with Crippen LogP contribution in [0, 0.1) is 6.92 Å². The molecule has 0 atom stereocenters. The van der Waals surface area contributed by atoms with Crippen molar-refractivity contribution >= 4 is 32.7 Å². The highest BCUT2D eigenvalue weighted by atomic mass is 79.9. The number of nitrogens with two attached hydrogens (primary N) is 1. The molecule has 0 spiro atoms. The zero-order valence-corrected chi connectivity index (χ0v) is 14.9. The number of nitrogens with zero attached hydrogens (tertiary/aromatic N) is 3. The van der Waals surface area contributed by atoms with E-state index < -0.39 is 0 Å². The lowest BCUT2D eigenvalue weighted by Crippen LogP contribution is -1.90. The fourth-order valence-electron chi connectivity index (χ4n) is 2.91. The summed E-state index contributed by atoms with van der Waals surface area (Å²) >= 11 is 3.52. The molecule has 0 aliphatic heterocycles. The Kier molecular flexibility index (Phi) is 3.42. The van der Waals surface area contributed by atoms with Crippen molar-refractivity contribution in [2.24, 2.45) is 7.05 Å². The average molecular weight is 382 g/mol. The number of aryl methyl sites for hydroxylation is 2. The molecule has 5 nitrogen and oxygen atoms in total. The molecule has 4 rings (SSSR count). The lowest BCUT2D eigenvalue weighted by Gasteiger charge is -2.07. The van der Waals surface area contributed by atoms with Gasteiger partial charge in [0.2, 0.25) is 0 Å². The fraction of sp³-hybridized carbons (Fsp3) is 0.111. The van der Waals surface area contributed by atoms with Crippen LogP contribution in [0.5, 0.6) is 0 Å². The molecule has 120 valence electrons. The monoisotopic (exact) mass is 381 g/mol. The molecule has 0 radical (unpaired) electrons. The normalized spacial score (nSPS) is 11.3. The fourth-order valence-corrected chi connectivity index (χ4v) is 3.24. The number of H-pyrrole nitrogens is 1. The van der Waals surface area contributed by atoms with Gasteiger partial charge in [0.25, 0.3) is 0 Å². The van der Waals surface area contributed by atoms with Crippen molar-refractivity contribution in [1.29, 1.82) is 0 Å². The van der Waals surface area contributed by atoms with E-state index >= 15 is 0 Å². The molecular weight excluding hydrogens is 366 g/mol. The van der Waals surface area contributed by atoms with Crippen molar-refractivity contribution < 1.29 is 0 Å². The molecule has 6 heteroatoms. The summed E-state index contributed by atoms with van der Waals surface area (Å²) in [6, 6.07) is 8.22. The van der Waals surface area contributed by atoms with Gasteiger partial charge in [-0.05, 0) is 46.1 Å². The Balaban J connectivity index is 2.06. The topological polar surface area (TPSA) is 72.5 Å². The van der Waals surface area contributed by atoms with Gasteiger partial charge in [-0.25, -0.2) is 4.98 Å². The number of nitrogens with one attached hydrogen (secondary N) is 1. The van der Waals surface area contributed by atoms with E-state index in [1.54, 1.807) is 10.9 Å². The first-order valence-electron chi connectivity index (χ1n) is 7.55. The highest BCUT2D eigenvalue weighted by Crippen LogP contribution is 2.39. The van der Waals surface area contributed by atoms with Crippen LogP contribution in [0.3, 0.4) is 0 Å². The van der Waals surface area contributed by atoms with Crippen molar-refractivity contribution in [1.82, 2.24) is 19.7 Å². The van der Waals surface area contributed by atoms with E-state index in [9.17, 15) is 0 Å². The first-order valence-corrected chi connectivity index (χ1v) is 8.35. The third-order valence-electron chi connectivity index (χ3n) is 4.18. The molecule has 3 heterocycles. The number of benzene rings is 1. The standard InChI is InChI=1S/C18H16BrN5/c1-10-3-4-11(5-15(10)20)16-14-6-13(19)8-21-18(14)23-17(16)12-7-22-24(2)9-12/h3-9H,20H2,1-2H3,(H,21,23). The number of fused-ring (bicyclic) bond motifs is 1. The van der Waals surface area contributed by atoms with Gasteiger partial charge in [0, 0.05) is 46.1 Å². The average Bonchev–Trinajstić information content (AvgIpc) is 3.13. The first kappa shape index (κ1) is 15.0. The van der Waals surface area contributed by atoms with Gasteiger partial charge in [0.1, 0.15) is 5.65 Å². The van der Waals surface area contributed by atoms with Crippen LogP contribution in [-0.2, 0) is 7.05 Å². The van der Waals surface area contributed by atoms with E-state index in [1.165, 1.54) is 0 Å². The van der Waals surface area contributed by atoms with Crippen LogP contribution < -0.4 is 5.73 Å². The first-order chi connectivity index (χ1) is 11.5. The second kappa shape index (κ2) is 5.49. The van der Waals surface area contributed by atoms with Crippen LogP contribution in [0.15, 0.2) is 47.3 Å². The van der Waals surface area contributed by atoms with Crippen molar-refractivity contribution in [3.8, 4) is 22.4 Å². The Morgan fingerprint density at radius 3 is 2.71 bits per heavy atom. The maximum absolute atomic E-state index is 6.14. The Labute approximate surface area is 147 Å². The number of aromatic nitrogens is 4. The van der Waals surface area contributed by atoms with Crippen LogP contribution in [0.25, 0.3) is 33.4 Å². The molecule has 4 aromatic rings. The van der Waals surface area contributed by atoms with Crippen molar-refractivity contribution in [2.75, 3.05) is 5.73 Å². The second-order valence-electron chi connectivity index (χ2n) is 5.90. The molecule has 24 heavy (non-hydrogen) atoms. The number of pyridine rings is 1. The van der Waals surface area contributed by atoms with Crippen LogP contribution in [0.1, 0.15) is 5.56 Å². The lowest BCUT2D eigenvalue weighted by atomic mass is 9.98. The number of hydrogen-bond donors (Lipinski definition) is 2. The van der Waals surface area contributed by atoms with Gasteiger partial charge in [-0.2, -0.15) is 5.10 Å². The quantitative estimate of drug-likeness (QED) is 0.508. The molecule has 3 aromatic heterocycles. The molecule has 0 fully saturated rings. The summed E-state index contributed by atoms with van der Waals surface area (Å²) < 4.78 is 2.73. The number of rotatable bonds is 2. The van der Waals surface area contributed by atoms with Gasteiger partial charge in [-0.1, -0.05) is 12.1 Å². The number of nitrogen functional groups attached to an aromatic ring is 1. The number of aromatic amines is 1. The summed E-state index contributed by atoms with van der Waals surface area (Å²) in [6.45, 7) is 2.01. The predicted octanol–water partition coefficient (Wildman–Crippen LogP) is 4.28. The number of halogens is 1. The third-order valence-corrected chi connectivity index (χ3v) is 4.61. The molecule has 3 N–H and O–H groups in total. The summed E-state index contributed by atoms with van der Waals surface area (Å²) in [7, 11) is 1.91. The highest BCUT2D eigenvalue weighted by Gasteiger charge is 2.17. The minimum atomic E-state index is 0.780. The number of anilines is 1. The lowest BCUT2D eigenvalue weighted by molar-refractivity contribution is 0.768. The molecule has 0 aliphatic rings. The Hall–Kier alpha value is -2.60. The second-order valence-corrected chi connectivity index (χ2v) is 6.81. The predicted molar refractivity (Wildman–Crippen MR) is 101 cm³/mol. The number of hydrogen-bond acceptors (Lipinski definition) is 3. The van der Waals surface area contributed by atoms with E-state index in [4.69, 9.17) is 5.73 Å². The van der Waals surface area contributed by atoms with Gasteiger partial charge in [-0.3, -0.25) is 4.68 Å². The van der Waals surface area contributed by atoms with Crippen LogP contribution in [-0.4, -0.2) is 19.7 Å². The zero-order chi connectivity index (χ0) is 16.8. The zero-order valence-electron chi connectivity index (χ0n) is 13.3. The molecule has 1 aromatic carbocycles. The van der Waals surface area contributed by atoms with E-state index in [0.717, 1.165) is 49.1 Å². The molecule has 0 saturated carbocycles. The summed E-state index contributed by atoms with van der Waals surface area (Å²) in [5, 5.41) is 5.34. The molecule has 0 bridgehead atoms. The third kappa shape index (κ3) is 2.39. The van der Waals surface area contributed by atoms with Crippen molar-refractivity contribution in [2.45, 2.75) is 6.92 Å². The van der Waals surface area contributed by atoms with Gasteiger partial charge in [0.15, 0.2) is 0 Å². The van der Waals surface area contributed by atoms with Crippen LogP contribution in [0.4, 0.5) is 5.69 Å². The molecule has 0 amide bonds. The maximum Gasteiger partial charge on any atom is 0.138 e.